The van der Waals surface area contributed by atoms with E-state index in [0.29, 0.717) is 0 Å². The highest BCUT2D eigenvalue weighted by Gasteiger charge is 2.32. The molecule has 0 aliphatic rings. The molecule has 0 saturated heterocycles. The fraction of sp³-hybridized carbons (Fsp3) is 0.455. The van der Waals surface area contributed by atoms with Crippen LogP contribution in [0.1, 0.15) is 13.8 Å². The second-order valence-corrected chi connectivity index (χ2v) is 3.56. The largest absolute Gasteiger partial charge is 0.573 e. The summed E-state index contributed by atoms with van der Waals surface area (Å²) in [6.07, 6.45) is -6.20. The molecule has 0 fully saturated rings. The lowest BCUT2D eigenvalue weighted by Crippen LogP contribution is -2.26. The molecule has 3 nitrogen and oxygen atoms in total. The molecule has 2 atom stereocenters. The van der Waals surface area contributed by atoms with Crippen LogP contribution in [0.2, 0.25) is 0 Å². The summed E-state index contributed by atoms with van der Waals surface area (Å²) in [7, 11) is 0. The van der Waals surface area contributed by atoms with Crippen LogP contribution in [-0.2, 0) is 0 Å². The van der Waals surface area contributed by atoms with Crippen molar-refractivity contribution in [2.45, 2.75) is 32.4 Å². The van der Waals surface area contributed by atoms with Crippen molar-refractivity contribution in [1.82, 2.24) is 0 Å². The Morgan fingerprint density at radius 3 is 2.12 bits per heavy atom. The van der Waals surface area contributed by atoms with Crippen LogP contribution in [0.15, 0.2) is 24.3 Å². The first-order chi connectivity index (χ1) is 7.79. The maximum Gasteiger partial charge on any atom is 0.573 e. The molecule has 0 spiro atoms. The van der Waals surface area contributed by atoms with Gasteiger partial charge in [0, 0.05) is 0 Å². The number of halogens is 3. The number of rotatable bonds is 4. The highest BCUT2D eigenvalue weighted by Crippen LogP contribution is 2.32. The lowest BCUT2D eigenvalue weighted by molar-refractivity contribution is -0.275. The standard InChI is InChI=1S/C11H13F3O3/c1-7(15)8(2)16-9-5-3-4-6-10(9)17-11(12,13)14/h3-8,15H,1-2H3. The first-order valence-electron chi connectivity index (χ1n) is 4.99. The fourth-order valence-electron chi connectivity index (χ4n) is 1.06. The van der Waals surface area contributed by atoms with Crippen molar-refractivity contribution in [1.29, 1.82) is 0 Å². The Balaban J connectivity index is 2.85. The number of benzene rings is 1. The minimum absolute atomic E-state index is 0.0572. The molecule has 1 N–H and O–H groups in total. The van der Waals surface area contributed by atoms with E-state index < -0.39 is 24.3 Å². The molecule has 0 saturated carbocycles. The summed E-state index contributed by atoms with van der Waals surface area (Å²) in [6.45, 7) is 3.03. The van der Waals surface area contributed by atoms with Crippen molar-refractivity contribution < 1.29 is 27.8 Å². The van der Waals surface area contributed by atoms with Gasteiger partial charge >= 0.3 is 6.36 Å². The average Bonchev–Trinajstić information content (AvgIpc) is 2.18. The molecule has 1 aromatic rings. The SMILES string of the molecule is CC(O)C(C)Oc1ccccc1OC(F)(F)F. The van der Waals surface area contributed by atoms with Gasteiger partial charge in [-0.25, -0.2) is 0 Å². The normalized spacial score (nSPS) is 15.2. The predicted molar refractivity (Wildman–Crippen MR) is 54.9 cm³/mol. The number of aliphatic hydroxyl groups is 1. The second kappa shape index (κ2) is 5.27. The van der Waals surface area contributed by atoms with Gasteiger partial charge in [0.05, 0.1) is 6.10 Å². The minimum Gasteiger partial charge on any atom is -0.484 e. The van der Waals surface area contributed by atoms with Gasteiger partial charge in [-0.1, -0.05) is 12.1 Å². The molecule has 0 aliphatic carbocycles. The molecule has 0 aromatic heterocycles. The number of ether oxygens (including phenoxy) is 2. The smallest absolute Gasteiger partial charge is 0.484 e. The zero-order valence-electron chi connectivity index (χ0n) is 9.36. The van der Waals surface area contributed by atoms with Crippen molar-refractivity contribution in [2.24, 2.45) is 0 Å². The molecule has 2 unspecified atom stereocenters. The van der Waals surface area contributed by atoms with E-state index in [1.165, 1.54) is 25.1 Å². The number of aliphatic hydroxyl groups excluding tert-OH is 1. The van der Waals surface area contributed by atoms with E-state index >= 15 is 0 Å². The van der Waals surface area contributed by atoms with Gasteiger partial charge in [0.1, 0.15) is 6.10 Å². The van der Waals surface area contributed by atoms with Crippen LogP contribution >= 0.6 is 0 Å². The summed E-state index contributed by atoms with van der Waals surface area (Å²) >= 11 is 0. The second-order valence-electron chi connectivity index (χ2n) is 3.56. The van der Waals surface area contributed by atoms with Crippen LogP contribution in [0.25, 0.3) is 0 Å². The van der Waals surface area contributed by atoms with Gasteiger partial charge in [0.25, 0.3) is 0 Å². The van der Waals surface area contributed by atoms with E-state index in [4.69, 9.17) is 4.74 Å². The third kappa shape index (κ3) is 4.52. The molecule has 0 amide bonds. The van der Waals surface area contributed by atoms with Crippen LogP contribution < -0.4 is 9.47 Å². The van der Waals surface area contributed by atoms with Crippen LogP contribution in [0.3, 0.4) is 0 Å². The molecule has 0 aliphatic heterocycles. The van der Waals surface area contributed by atoms with E-state index in [0.717, 1.165) is 6.07 Å². The minimum atomic E-state index is -4.77. The first-order valence-corrected chi connectivity index (χ1v) is 4.99. The van der Waals surface area contributed by atoms with Gasteiger partial charge in [-0.3, -0.25) is 0 Å². The number of alkyl halides is 3. The lowest BCUT2D eigenvalue weighted by Gasteiger charge is -2.19. The van der Waals surface area contributed by atoms with Crippen molar-refractivity contribution in [3.05, 3.63) is 24.3 Å². The summed E-state index contributed by atoms with van der Waals surface area (Å²) in [5, 5.41) is 9.22. The maximum absolute atomic E-state index is 12.1. The van der Waals surface area contributed by atoms with Crippen LogP contribution in [-0.4, -0.2) is 23.7 Å². The van der Waals surface area contributed by atoms with Crippen molar-refractivity contribution >= 4 is 0 Å². The van der Waals surface area contributed by atoms with Crippen LogP contribution in [0, 0.1) is 0 Å². The Kier molecular flexibility index (Phi) is 4.22. The molecule has 1 rings (SSSR count). The van der Waals surface area contributed by atoms with E-state index in [-0.39, 0.29) is 5.75 Å². The molecule has 17 heavy (non-hydrogen) atoms. The lowest BCUT2D eigenvalue weighted by atomic mass is 10.2. The van der Waals surface area contributed by atoms with Crippen molar-refractivity contribution in [3.8, 4) is 11.5 Å². The van der Waals surface area contributed by atoms with Gasteiger partial charge in [0.15, 0.2) is 11.5 Å². The fourth-order valence-corrected chi connectivity index (χ4v) is 1.06. The average molecular weight is 250 g/mol. The van der Waals surface area contributed by atoms with Gasteiger partial charge in [-0.05, 0) is 26.0 Å². The maximum atomic E-state index is 12.1. The summed E-state index contributed by atoms with van der Waals surface area (Å²) < 4.78 is 45.3. The van der Waals surface area contributed by atoms with E-state index in [1.807, 2.05) is 0 Å². The van der Waals surface area contributed by atoms with Crippen molar-refractivity contribution in [3.63, 3.8) is 0 Å². The van der Waals surface area contributed by atoms with Gasteiger partial charge in [0.2, 0.25) is 0 Å². The third-order valence-corrected chi connectivity index (χ3v) is 2.07. The highest BCUT2D eigenvalue weighted by atomic mass is 19.4. The summed E-state index contributed by atoms with van der Waals surface area (Å²) in [5.41, 5.74) is 0. The summed E-state index contributed by atoms with van der Waals surface area (Å²) in [5.74, 6) is -0.481. The monoisotopic (exact) mass is 250 g/mol. The predicted octanol–water partition coefficient (Wildman–Crippen LogP) is 2.73. The van der Waals surface area contributed by atoms with Crippen molar-refractivity contribution in [2.75, 3.05) is 0 Å². The zero-order valence-corrected chi connectivity index (χ0v) is 9.36. The Morgan fingerprint density at radius 1 is 1.12 bits per heavy atom. The van der Waals surface area contributed by atoms with Crippen LogP contribution in [0.4, 0.5) is 13.2 Å². The Bertz CT molecular complexity index is 363. The van der Waals surface area contributed by atoms with E-state index in [2.05, 4.69) is 4.74 Å². The number of para-hydroxylation sites is 2. The molecule has 0 bridgehead atoms. The molecule has 0 radical (unpaired) electrons. The topological polar surface area (TPSA) is 38.7 Å². The third-order valence-electron chi connectivity index (χ3n) is 2.07. The molecule has 96 valence electrons. The summed E-state index contributed by atoms with van der Waals surface area (Å²) in [4.78, 5) is 0. The quantitative estimate of drug-likeness (QED) is 0.893. The first kappa shape index (κ1) is 13.6. The van der Waals surface area contributed by atoms with Gasteiger partial charge in [-0.15, -0.1) is 13.2 Å². The molecule has 6 heteroatoms. The number of hydrogen-bond donors (Lipinski definition) is 1. The Labute approximate surface area is 96.8 Å². The zero-order chi connectivity index (χ0) is 13.1. The van der Waals surface area contributed by atoms with Crippen LogP contribution in [0.5, 0.6) is 11.5 Å². The highest BCUT2D eigenvalue weighted by molar-refractivity contribution is 5.39. The Hall–Kier alpha value is -1.43. The van der Waals surface area contributed by atoms with E-state index in [9.17, 15) is 18.3 Å². The molecular formula is C11H13F3O3. The summed E-state index contributed by atoms with van der Waals surface area (Å²) in [6, 6.07) is 5.42. The van der Waals surface area contributed by atoms with Gasteiger partial charge < -0.3 is 14.6 Å². The van der Waals surface area contributed by atoms with E-state index in [1.54, 1.807) is 6.92 Å². The number of hydrogen-bond acceptors (Lipinski definition) is 3. The molecule has 0 heterocycles. The molecular weight excluding hydrogens is 237 g/mol. The Morgan fingerprint density at radius 2 is 1.65 bits per heavy atom. The molecule has 1 aromatic carbocycles. The van der Waals surface area contributed by atoms with Gasteiger partial charge in [-0.2, -0.15) is 0 Å².